The largest absolute Gasteiger partial charge is 0.393 e. The van der Waals surface area contributed by atoms with Gasteiger partial charge >= 0.3 is 11.9 Å². The number of aliphatic hydroxyl groups excluding tert-OH is 2. The molecule has 1 atom stereocenters. The number of hydrogen-bond acceptors (Lipinski definition) is 5. The van der Waals surface area contributed by atoms with E-state index in [-0.39, 0.29) is 6.42 Å². The highest BCUT2D eigenvalue weighted by Crippen LogP contribution is 2.10. The van der Waals surface area contributed by atoms with Gasteiger partial charge in [-0.1, -0.05) is 51.9 Å². The first kappa shape index (κ1) is 18.1. The molecular formula is C14H26O5. The van der Waals surface area contributed by atoms with E-state index in [1.165, 1.54) is 32.1 Å². The van der Waals surface area contributed by atoms with Gasteiger partial charge in [-0.2, -0.15) is 0 Å². The van der Waals surface area contributed by atoms with E-state index >= 15 is 0 Å². The number of rotatable bonds is 11. The fourth-order valence-electron chi connectivity index (χ4n) is 1.71. The average Bonchev–Trinajstić information content (AvgIpc) is 2.40. The lowest BCUT2D eigenvalue weighted by Crippen LogP contribution is -2.28. The molecule has 0 aliphatic heterocycles. The van der Waals surface area contributed by atoms with Crippen LogP contribution in [0.25, 0.3) is 0 Å². The number of carbonyl (C=O) groups excluding carboxylic acids is 2. The number of hydrogen-bond donors (Lipinski definition) is 2. The van der Waals surface area contributed by atoms with Crippen molar-refractivity contribution in [3.8, 4) is 0 Å². The lowest BCUT2D eigenvalue weighted by Gasteiger charge is -2.06. The summed E-state index contributed by atoms with van der Waals surface area (Å²) in [5.41, 5.74) is 0. The van der Waals surface area contributed by atoms with Crippen molar-refractivity contribution < 1.29 is 24.5 Å². The minimum Gasteiger partial charge on any atom is -0.393 e. The van der Waals surface area contributed by atoms with Crippen molar-refractivity contribution in [3.05, 3.63) is 0 Å². The van der Waals surface area contributed by atoms with Crippen molar-refractivity contribution in [3.63, 3.8) is 0 Å². The predicted octanol–water partition coefficient (Wildman–Crippen LogP) is 1.94. The van der Waals surface area contributed by atoms with Gasteiger partial charge in [-0.05, 0) is 6.42 Å². The Morgan fingerprint density at radius 3 is 2.05 bits per heavy atom. The molecule has 5 heteroatoms. The molecule has 0 aromatic carbocycles. The van der Waals surface area contributed by atoms with E-state index in [9.17, 15) is 9.59 Å². The topological polar surface area (TPSA) is 83.8 Å². The molecule has 0 bridgehead atoms. The highest BCUT2D eigenvalue weighted by Gasteiger charge is 2.18. The second kappa shape index (κ2) is 12.1. The molecule has 0 saturated carbocycles. The lowest BCUT2D eigenvalue weighted by molar-refractivity contribution is -0.167. The zero-order valence-corrected chi connectivity index (χ0v) is 11.8. The second-order valence-corrected chi connectivity index (χ2v) is 4.72. The molecule has 0 spiro atoms. The molecule has 0 aliphatic rings. The van der Waals surface area contributed by atoms with Gasteiger partial charge in [-0.25, -0.2) is 4.79 Å². The summed E-state index contributed by atoms with van der Waals surface area (Å²) in [6, 6.07) is 0. The van der Waals surface area contributed by atoms with E-state index in [0.717, 1.165) is 12.8 Å². The molecule has 2 N–H and O–H groups in total. The van der Waals surface area contributed by atoms with Gasteiger partial charge in [-0.15, -0.1) is 0 Å². The van der Waals surface area contributed by atoms with Crippen molar-refractivity contribution >= 4 is 11.9 Å². The molecule has 0 aliphatic carbocycles. The van der Waals surface area contributed by atoms with Crippen LogP contribution in [0.5, 0.6) is 0 Å². The van der Waals surface area contributed by atoms with E-state index in [0.29, 0.717) is 6.42 Å². The van der Waals surface area contributed by atoms with E-state index < -0.39 is 24.6 Å². The first-order valence-electron chi connectivity index (χ1n) is 7.15. The summed E-state index contributed by atoms with van der Waals surface area (Å²) in [7, 11) is 0. The van der Waals surface area contributed by atoms with Crippen LogP contribution in [0.1, 0.15) is 64.7 Å². The molecule has 0 saturated heterocycles. The third kappa shape index (κ3) is 10.7. The summed E-state index contributed by atoms with van der Waals surface area (Å²) < 4.78 is 4.37. The average molecular weight is 274 g/mol. The number of esters is 2. The maximum atomic E-state index is 11.2. The van der Waals surface area contributed by atoms with Crippen molar-refractivity contribution in [2.75, 3.05) is 6.61 Å². The Morgan fingerprint density at radius 2 is 1.53 bits per heavy atom. The summed E-state index contributed by atoms with van der Waals surface area (Å²) in [5, 5.41) is 17.4. The molecule has 0 amide bonds. The molecule has 19 heavy (non-hydrogen) atoms. The Morgan fingerprint density at radius 1 is 1.00 bits per heavy atom. The quantitative estimate of drug-likeness (QED) is 0.342. The van der Waals surface area contributed by atoms with Crippen LogP contribution in [-0.4, -0.2) is 34.9 Å². The zero-order valence-electron chi connectivity index (χ0n) is 11.8. The molecule has 5 nitrogen and oxygen atoms in total. The summed E-state index contributed by atoms with van der Waals surface area (Å²) in [6.07, 6.45) is 7.47. The van der Waals surface area contributed by atoms with E-state index in [2.05, 4.69) is 11.7 Å². The zero-order chi connectivity index (χ0) is 14.5. The number of aliphatic hydroxyl groups is 2. The van der Waals surface area contributed by atoms with E-state index in [1.807, 2.05) is 0 Å². The molecule has 1 unspecified atom stereocenters. The summed E-state index contributed by atoms with van der Waals surface area (Å²) in [5.74, 6) is -1.71. The van der Waals surface area contributed by atoms with Crippen LogP contribution in [0.2, 0.25) is 0 Å². The second-order valence-electron chi connectivity index (χ2n) is 4.72. The monoisotopic (exact) mass is 274 g/mol. The van der Waals surface area contributed by atoms with Crippen molar-refractivity contribution in [1.29, 1.82) is 0 Å². The third-order valence-corrected chi connectivity index (χ3v) is 2.89. The van der Waals surface area contributed by atoms with Crippen molar-refractivity contribution in [2.24, 2.45) is 0 Å². The van der Waals surface area contributed by atoms with Crippen molar-refractivity contribution in [1.82, 2.24) is 0 Å². The van der Waals surface area contributed by atoms with E-state index in [4.69, 9.17) is 10.2 Å². The van der Waals surface area contributed by atoms with Crippen LogP contribution in [-0.2, 0) is 14.3 Å². The summed E-state index contributed by atoms with van der Waals surface area (Å²) in [6.45, 7) is 1.45. The van der Waals surface area contributed by atoms with Gasteiger partial charge < -0.3 is 14.9 Å². The van der Waals surface area contributed by atoms with Crippen molar-refractivity contribution in [2.45, 2.75) is 70.8 Å². The fourth-order valence-corrected chi connectivity index (χ4v) is 1.71. The predicted molar refractivity (Wildman–Crippen MR) is 71.4 cm³/mol. The molecule has 0 radical (unpaired) electrons. The van der Waals surface area contributed by atoms with Crippen LogP contribution in [0.15, 0.2) is 0 Å². The number of unbranched alkanes of at least 4 members (excludes halogenated alkanes) is 7. The molecule has 0 aromatic heterocycles. The summed E-state index contributed by atoms with van der Waals surface area (Å²) in [4.78, 5) is 22.2. The van der Waals surface area contributed by atoms with Crippen LogP contribution >= 0.6 is 0 Å². The molecular weight excluding hydrogens is 248 g/mol. The van der Waals surface area contributed by atoms with Gasteiger partial charge in [0.2, 0.25) is 0 Å². The Kier molecular flexibility index (Phi) is 11.5. The molecule has 112 valence electrons. The lowest BCUT2D eigenvalue weighted by atomic mass is 10.1. The Hall–Kier alpha value is -0.940. The fraction of sp³-hybridized carbons (Fsp3) is 0.857. The highest BCUT2D eigenvalue weighted by atomic mass is 16.6. The molecule has 0 rings (SSSR count). The number of ether oxygens (including phenoxy) is 1. The Balaban J connectivity index is 3.41. The van der Waals surface area contributed by atoms with Crippen LogP contribution in [0, 0.1) is 0 Å². The molecule has 0 heterocycles. The Labute approximate surface area is 115 Å². The smallest absolute Gasteiger partial charge is 0.345 e. The maximum absolute atomic E-state index is 11.2. The molecule has 0 aromatic rings. The third-order valence-electron chi connectivity index (χ3n) is 2.89. The van der Waals surface area contributed by atoms with Gasteiger partial charge in [0.15, 0.2) is 6.10 Å². The SMILES string of the molecule is CCCCCCCCCCC(=O)OC(=O)C(O)CO. The highest BCUT2D eigenvalue weighted by molar-refractivity contribution is 5.87. The van der Waals surface area contributed by atoms with Crippen LogP contribution in [0.3, 0.4) is 0 Å². The van der Waals surface area contributed by atoms with Crippen LogP contribution < -0.4 is 0 Å². The van der Waals surface area contributed by atoms with Gasteiger partial charge in [0.1, 0.15) is 0 Å². The summed E-state index contributed by atoms with van der Waals surface area (Å²) >= 11 is 0. The normalized spacial score (nSPS) is 12.2. The minimum absolute atomic E-state index is 0.179. The number of carbonyl (C=O) groups is 2. The van der Waals surface area contributed by atoms with E-state index in [1.54, 1.807) is 0 Å². The van der Waals surface area contributed by atoms with Gasteiger partial charge in [0.05, 0.1) is 6.61 Å². The van der Waals surface area contributed by atoms with Gasteiger partial charge in [0, 0.05) is 6.42 Å². The first-order valence-corrected chi connectivity index (χ1v) is 7.15. The maximum Gasteiger partial charge on any atom is 0.345 e. The molecule has 0 fully saturated rings. The van der Waals surface area contributed by atoms with Gasteiger partial charge in [-0.3, -0.25) is 4.79 Å². The van der Waals surface area contributed by atoms with Crippen LogP contribution in [0.4, 0.5) is 0 Å². The minimum atomic E-state index is -1.62. The van der Waals surface area contributed by atoms with Gasteiger partial charge in [0.25, 0.3) is 0 Å². The Bertz CT molecular complexity index is 252. The first-order chi connectivity index (χ1) is 9.11. The standard InChI is InChI=1S/C14H26O5/c1-2-3-4-5-6-7-8-9-10-13(17)19-14(18)12(16)11-15/h12,15-16H,2-11H2,1H3.